The van der Waals surface area contributed by atoms with Crippen molar-refractivity contribution in [3.63, 3.8) is 0 Å². The van der Waals surface area contributed by atoms with Gasteiger partial charge in [0.2, 0.25) is 5.88 Å². The molecule has 0 bridgehead atoms. The summed E-state index contributed by atoms with van der Waals surface area (Å²) in [6, 6.07) is 2.92. The van der Waals surface area contributed by atoms with Gasteiger partial charge in [-0.05, 0) is 12.5 Å². The molecule has 5 heterocycles. The van der Waals surface area contributed by atoms with E-state index in [1.807, 2.05) is 9.80 Å². The first-order valence-electron chi connectivity index (χ1n) is 9.88. The second kappa shape index (κ2) is 7.41. The number of fused-ring (bicyclic) bond motifs is 1. The van der Waals surface area contributed by atoms with Crippen molar-refractivity contribution < 1.29 is 26.7 Å². The lowest BCUT2D eigenvalue weighted by atomic mass is 9.79. The van der Waals surface area contributed by atoms with Crippen LogP contribution in [-0.2, 0) is 6.54 Å². The zero-order chi connectivity index (χ0) is 22.5. The Hall–Kier alpha value is -3.25. The normalized spacial score (nSPS) is 18.1. The van der Waals surface area contributed by atoms with Crippen molar-refractivity contribution in [1.82, 2.24) is 24.7 Å². The molecule has 170 valence electrons. The molecule has 0 aromatic carbocycles. The summed E-state index contributed by atoms with van der Waals surface area (Å²) in [4.78, 5) is 16.4. The molecular formula is C19H18F5N7O. The molecule has 0 N–H and O–H groups in total. The number of alkyl halides is 5. The number of aromatic nitrogens is 5. The van der Waals surface area contributed by atoms with E-state index in [1.165, 1.54) is 18.5 Å². The minimum absolute atomic E-state index is 0.0336. The van der Waals surface area contributed by atoms with E-state index >= 15 is 0 Å². The Labute approximate surface area is 178 Å². The number of ether oxygens (including phenoxy) is 1. The lowest BCUT2D eigenvalue weighted by molar-refractivity contribution is -0.276. The summed E-state index contributed by atoms with van der Waals surface area (Å²) in [5, 5.41) is 3.93. The second-order valence-corrected chi connectivity index (χ2v) is 8.08. The average Bonchev–Trinajstić information content (AvgIpc) is 3.30. The lowest BCUT2D eigenvalue weighted by Gasteiger charge is -2.49. The third kappa shape index (κ3) is 3.98. The molecule has 3 aromatic heterocycles. The Morgan fingerprint density at radius 1 is 1.09 bits per heavy atom. The van der Waals surface area contributed by atoms with Crippen molar-refractivity contribution in [3.8, 4) is 5.88 Å². The summed E-state index contributed by atoms with van der Waals surface area (Å²) < 4.78 is 67.9. The summed E-state index contributed by atoms with van der Waals surface area (Å²) in [6.45, 7) is 2.18. The van der Waals surface area contributed by atoms with Gasteiger partial charge in [-0.3, -0.25) is 0 Å². The topological polar surface area (TPSA) is 72.2 Å². The monoisotopic (exact) mass is 455 g/mol. The first kappa shape index (κ1) is 20.6. The number of halogens is 5. The summed E-state index contributed by atoms with van der Waals surface area (Å²) in [7, 11) is 0. The van der Waals surface area contributed by atoms with E-state index in [2.05, 4.69) is 24.8 Å². The minimum Gasteiger partial charge on any atom is -0.388 e. The standard InChI is InChI=1S/C19H18F5N7O/c20-14(21)8-31-17-13(6-27-31)26-7-15(28-17)29-4-2-18(9-29)10-30(11-18)12-1-3-25-16(5-12)32-19(22,23)24/h1,3,5-7,14H,2,4,8-11H2. The van der Waals surface area contributed by atoms with Gasteiger partial charge in [0.25, 0.3) is 6.43 Å². The molecule has 5 rings (SSSR count). The molecule has 0 saturated carbocycles. The molecule has 1 spiro atoms. The van der Waals surface area contributed by atoms with E-state index < -0.39 is 25.2 Å². The van der Waals surface area contributed by atoms with Gasteiger partial charge in [-0.2, -0.15) is 5.10 Å². The summed E-state index contributed by atoms with van der Waals surface area (Å²) in [5.41, 5.74) is 1.34. The van der Waals surface area contributed by atoms with Gasteiger partial charge in [0.15, 0.2) is 5.65 Å². The Morgan fingerprint density at radius 2 is 1.88 bits per heavy atom. The Balaban J connectivity index is 1.26. The number of rotatable bonds is 5. The van der Waals surface area contributed by atoms with Crippen LogP contribution >= 0.6 is 0 Å². The molecule has 0 aliphatic carbocycles. The molecule has 3 aromatic rings. The molecule has 0 unspecified atom stereocenters. The second-order valence-electron chi connectivity index (χ2n) is 8.08. The van der Waals surface area contributed by atoms with Crippen LogP contribution in [0.25, 0.3) is 11.2 Å². The van der Waals surface area contributed by atoms with Gasteiger partial charge < -0.3 is 14.5 Å². The van der Waals surface area contributed by atoms with Crippen molar-refractivity contribution in [2.45, 2.75) is 25.8 Å². The average molecular weight is 455 g/mol. The summed E-state index contributed by atoms with van der Waals surface area (Å²) >= 11 is 0. The highest BCUT2D eigenvalue weighted by molar-refractivity contribution is 5.71. The maximum absolute atomic E-state index is 12.8. The third-order valence-corrected chi connectivity index (χ3v) is 5.76. The van der Waals surface area contributed by atoms with Crippen molar-refractivity contribution in [2.75, 3.05) is 36.0 Å². The van der Waals surface area contributed by atoms with Gasteiger partial charge in [-0.25, -0.2) is 28.4 Å². The van der Waals surface area contributed by atoms with Crippen molar-refractivity contribution in [1.29, 1.82) is 0 Å². The molecule has 2 aliphatic rings. The van der Waals surface area contributed by atoms with Gasteiger partial charge in [-0.15, -0.1) is 13.2 Å². The molecule has 0 amide bonds. The zero-order valence-corrected chi connectivity index (χ0v) is 16.6. The van der Waals surface area contributed by atoms with Crippen LogP contribution in [0.15, 0.2) is 30.7 Å². The van der Waals surface area contributed by atoms with Crippen LogP contribution in [0.5, 0.6) is 5.88 Å². The maximum atomic E-state index is 12.8. The number of hydrogen-bond donors (Lipinski definition) is 0. The Kier molecular flexibility index (Phi) is 4.78. The number of nitrogens with zero attached hydrogens (tertiary/aromatic N) is 7. The predicted molar refractivity (Wildman–Crippen MR) is 104 cm³/mol. The SMILES string of the molecule is FC(F)Cn1ncc2ncc(N3CCC4(CN(c5ccnc(OC(F)(F)F)c5)C4)C3)nc21. The van der Waals surface area contributed by atoms with E-state index in [4.69, 9.17) is 0 Å². The molecule has 2 saturated heterocycles. The van der Waals surface area contributed by atoms with Gasteiger partial charge >= 0.3 is 6.36 Å². The number of pyridine rings is 1. The van der Waals surface area contributed by atoms with Crippen molar-refractivity contribution >= 4 is 22.7 Å². The quantitative estimate of drug-likeness (QED) is 0.548. The Bertz CT molecular complexity index is 1130. The van der Waals surface area contributed by atoms with Gasteiger partial charge in [0.1, 0.15) is 17.9 Å². The molecule has 0 atom stereocenters. The number of anilines is 2. The van der Waals surface area contributed by atoms with Crippen LogP contribution in [0.4, 0.5) is 33.5 Å². The fourth-order valence-corrected chi connectivity index (χ4v) is 4.36. The maximum Gasteiger partial charge on any atom is 0.574 e. The van der Waals surface area contributed by atoms with Gasteiger partial charge in [0, 0.05) is 49.5 Å². The predicted octanol–water partition coefficient (Wildman–Crippen LogP) is 3.10. The fourth-order valence-electron chi connectivity index (χ4n) is 4.36. The minimum atomic E-state index is -4.79. The molecule has 0 radical (unpaired) electrons. The van der Waals surface area contributed by atoms with Gasteiger partial charge in [0.05, 0.1) is 12.4 Å². The largest absolute Gasteiger partial charge is 0.574 e. The van der Waals surface area contributed by atoms with E-state index in [-0.39, 0.29) is 5.41 Å². The summed E-state index contributed by atoms with van der Waals surface area (Å²) in [5.74, 6) is 0.0987. The summed E-state index contributed by atoms with van der Waals surface area (Å²) in [6.07, 6.45) is -2.16. The van der Waals surface area contributed by atoms with E-state index in [9.17, 15) is 22.0 Å². The highest BCUT2D eigenvalue weighted by Gasteiger charge is 2.48. The van der Waals surface area contributed by atoms with Gasteiger partial charge in [-0.1, -0.05) is 0 Å². The van der Waals surface area contributed by atoms with Crippen LogP contribution in [-0.4, -0.2) is 63.7 Å². The molecule has 2 aliphatic heterocycles. The lowest BCUT2D eigenvalue weighted by Crippen LogP contribution is -2.57. The van der Waals surface area contributed by atoms with Crippen molar-refractivity contribution in [3.05, 3.63) is 30.7 Å². The molecular weight excluding hydrogens is 437 g/mol. The van der Waals surface area contributed by atoms with E-state index in [1.54, 1.807) is 12.3 Å². The fraction of sp³-hybridized carbons (Fsp3) is 0.474. The smallest absolute Gasteiger partial charge is 0.388 e. The van der Waals surface area contributed by atoms with Crippen LogP contribution in [0, 0.1) is 5.41 Å². The van der Waals surface area contributed by atoms with Crippen LogP contribution < -0.4 is 14.5 Å². The highest BCUT2D eigenvalue weighted by atomic mass is 19.4. The highest BCUT2D eigenvalue weighted by Crippen LogP contribution is 2.43. The van der Waals surface area contributed by atoms with Crippen LogP contribution in [0.2, 0.25) is 0 Å². The Morgan fingerprint density at radius 3 is 2.62 bits per heavy atom. The molecule has 32 heavy (non-hydrogen) atoms. The molecule has 2 fully saturated rings. The van der Waals surface area contributed by atoms with Crippen LogP contribution in [0.3, 0.4) is 0 Å². The van der Waals surface area contributed by atoms with E-state index in [0.29, 0.717) is 42.3 Å². The molecule has 13 heteroatoms. The zero-order valence-electron chi connectivity index (χ0n) is 16.6. The van der Waals surface area contributed by atoms with Crippen molar-refractivity contribution in [2.24, 2.45) is 5.41 Å². The first-order chi connectivity index (χ1) is 15.2. The molecule has 8 nitrogen and oxygen atoms in total. The van der Waals surface area contributed by atoms with E-state index in [0.717, 1.165) is 17.6 Å². The first-order valence-corrected chi connectivity index (χ1v) is 9.88. The number of hydrogen-bond acceptors (Lipinski definition) is 7. The third-order valence-electron chi connectivity index (χ3n) is 5.76. The van der Waals surface area contributed by atoms with Crippen LogP contribution in [0.1, 0.15) is 6.42 Å².